The van der Waals surface area contributed by atoms with E-state index < -0.39 is 0 Å². The van der Waals surface area contributed by atoms with Crippen molar-refractivity contribution >= 4 is 11.9 Å². The molecule has 21 heavy (non-hydrogen) atoms. The molecule has 0 radical (unpaired) electrons. The summed E-state index contributed by atoms with van der Waals surface area (Å²) in [7, 11) is 0. The van der Waals surface area contributed by atoms with E-state index in [1.54, 1.807) is 6.07 Å². The summed E-state index contributed by atoms with van der Waals surface area (Å²) in [6, 6.07) is 10.4. The average Bonchev–Trinajstić information content (AvgIpc) is 2.42. The van der Waals surface area contributed by atoms with Crippen LogP contribution in [0.4, 0.5) is 4.39 Å². The Morgan fingerprint density at radius 2 is 1.90 bits per heavy atom. The number of fused-ring (bicyclic) bond motifs is 1. The Bertz CT molecular complexity index is 756. The van der Waals surface area contributed by atoms with Gasteiger partial charge in [-0.3, -0.25) is 4.79 Å². The third-order valence-corrected chi connectivity index (χ3v) is 3.99. The summed E-state index contributed by atoms with van der Waals surface area (Å²) in [5.74, 6) is -0.202. The van der Waals surface area contributed by atoms with Crippen molar-refractivity contribution in [1.82, 2.24) is 0 Å². The number of allylic oxidation sites excluding steroid dienone is 1. The van der Waals surface area contributed by atoms with E-state index in [4.69, 9.17) is 0 Å². The second kappa shape index (κ2) is 5.28. The van der Waals surface area contributed by atoms with Gasteiger partial charge in [-0.15, -0.1) is 0 Å². The van der Waals surface area contributed by atoms with Crippen LogP contribution in [0.2, 0.25) is 0 Å². The summed E-state index contributed by atoms with van der Waals surface area (Å²) in [5, 5.41) is 0. The number of Topliss-reactive ketones (excluding diaryl/α,β-unsaturated/α-hetero) is 1. The Labute approximate surface area is 124 Å². The van der Waals surface area contributed by atoms with E-state index in [-0.39, 0.29) is 11.6 Å². The second-order valence-corrected chi connectivity index (χ2v) is 5.66. The molecule has 1 aliphatic rings. The van der Waals surface area contributed by atoms with Crippen LogP contribution in [-0.4, -0.2) is 5.78 Å². The summed E-state index contributed by atoms with van der Waals surface area (Å²) < 4.78 is 13.2. The van der Waals surface area contributed by atoms with Gasteiger partial charge in [0.15, 0.2) is 5.78 Å². The second-order valence-electron chi connectivity index (χ2n) is 5.66. The van der Waals surface area contributed by atoms with E-state index in [0.29, 0.717) is 6.42 Å². The fourth-order valence-electron chi connectivity index (χ4n) is 3.01. The number of carbonyl (C=O) groups is 1. The molecule has 0 aromatic heterocycles. The molecule has 2 heteroatoms. The Morgan fingerprint density at radius 3 is 2.67 bits per heavy atom. The molecule has 0 bridgehead atoms. The molecule has 1 aliphatic carbocycles. The maximum absolute atomic E-state index is 13.2. The first kappa shape index (κ1) is 13.7. The third-order valence-electron chi connectivity index (χ3n) is 3.99. The predicted octanol–water partition coefficient (Wildman–Crippen LogP) is 4.66. The minimum Gasteiger partial charge on any atom is -0.289 e. The van der Waals surface area contributed by atoms with Crippen molar-refractivity contribution < 1.29 is 9.18 Å². The molecule has 0 fully saturated rings. The lowest BCUT2D eigenvalue weighted by molar-refractivity contribution is 0.102. The van der Waals surface area contributed by atoms with Gasteiger partial charge in [0.25, 0.3) is 0 Å². The number of hydrogen-bond acceptors (Lipinski definition) is 1. The first-order chi connectivity index (χ1) is 10.0. The highest BCUT2D eigenvalue weighted by Gasteiger charge is 2.23. The van der Waals surface area contributed by atoms with Crippen LogP contribution in [0, 0.1) is 19.7 Å². The van der Waals surface area contributed by atoms with Crippen molar-refractivity contribution in [2.75, 3.05) is 0 Å². The molecule has 0 heterocycles. The lowest BCUT2D eigenvalue weighted by Crippen LogP contribution is -2.15. The lowest BCUT2D eigenvalue weighted by Gasteiger charge is -2.20. The Kier molecular flexibility index (Phi) is 3.46. The van der Waals surface area contributed by atoms with Gasteiger partial charge in [-0.05, 0) is 67.7 Å². The number of ketones is 1. The highest BCUT2D eigenvalue weighted by Crippen LogP contribution is 2.29. The summed E-state index contributed by atoms with van der Waals surface area (Å²) >= 11 is 0. The molecular weight excluding hydrogens is 263 g/mol. The molecule has 3 rings (SSSR count). The van der Waals surface area contributed by atoms with Crippen LogP contribution in [0.1, 0.15) is 39.0 Å². The molecule has 0 spiro atoms. The van der Waals surface area contributed by atoms with Crippen LogP contribution in [0.3, 0.4) is 0 Å². The zero-order valence-electron chi connectivity index (χ0n) is 12.2. The largest absolute Gasteiger partial charge is 0.289 e. The van der Waals surface area contributed by atoms with Crippen molar-refractivity contribution in [3.05, 3.63) is 75.6 Å². The van der Waals surface area contributed by atoms with E-state index in [2.05, 4.69) is 13.0 Å². The predicted molar refractivity (Wildman–Crippen MR) is 82.9 cm³/mol. The Balaban J connectivity index is 2.03. The van der Waals surface area contributed by atoms with Crippen LogP contribution < -0.4 is 0 Å². The number of halogens is 1. The van der Waals surface area contributed by atoms with Crippen LogP contribution in [0.5, 0.6) is 0 Å². The molecule has 0 saturated carbocycles. The van der Waals surface area contributed by atoms with E-state index in [1.165, 1.54) is 17.7 Å². The first-order valence-corrected chi connectivity index (χ1v) is 7.15. The molecule has 1 nitrogen and oxygen atoms in total. The molecule has 0 amide bonds. The molecule has 106 valence electrons. The summed E-state index contributed by atoms with van der Waals surface area (Å²) in [5.41, 5.74) is 5.75. The Hall–Kier alpha value is -2.22. The van der Waals surface area contributed by atoms with Crippen molar-refractivity contribution in [2.24, 2.45) is 0 Å². The smallest absolute Gasteiger partial charge is 0.189 e. The summed E-state index contributed by atoms with van der Waals surface area (Å²) in [4.78, 5) is 12.6. The lowest BCUT2D eigenvalue weighted by atomic mass is 9.83. The molecule has 2 aromatic rings. The van der Waals surface area contributed by atoms with Crippen molar-refractivity contribution in [3.8, 4) is 0 Å². The average molecular weight is 280 g/mol. The van der Waals surface area contributed by atoms with Gasteiger partial charge in [-0.2, -0.15) is 0 Å². The molecule has 2 aromatic carbocycles. The van der Waals surface area contributed by atoms with Crippen LogP contribution in [0.15, 0.2) is 42.0 Å². The monoisotopic (exact) mass is 280 g/mol. The number of hydrogen-bond donors (Lipinski definition) is 0. The molecule has 0 aliphatic heterocycles. The molecule has 0 atom stereocenters. The fraction of sp³-hybridized carbons (Fsp3) is 0.211. The van der Waals surface area contributed by atoms with Gasteiger partial charge in [-0.25, -0.2) is 4.39 Å². The number of aryl methyl sites for hydroxylation is 2. The van der Waals surface area contributed by atoms with E-state index in [0.717, 1.165) is 34.2 Å². The normalized spacial score (nSPS) is 16.1. The quantitative estimate of drug-likeness (QED) is 0.695. The maximum atomic E-state index is 13.2. The van der Waals surface area contributed by atoms with Crippen molar-refractivity contribution in [1.29, 1.82) is 0 Å². The third kappa shape index (κ3) is 2.66. The number of benzene rings is 2. The van der Waals surface area contributed by atoms with Crippen LogP contribution >= 0.6 is 0 Å². The zero-order valence-corrected chi connectivity index (χ0v) is 12.2. The van der Waals surface area contributed by atoms with Crippen molar-refractivity contribution in [2.45, 2.75) is 26.7 Å². The molecular formula is C19H17FO. The standard InChI is InChI=1S/C19H17FO/c1-12-8-13(2)17-7-6-15(19(21)18(17)9-12)10-14-4-3-5-16(20)11-14/h3-5,8-11H,6-7H2,1-2H3/b15-10+. The molecule has 0 N–H and O–H groups in total. The van der Waals surface area contributed by atoms with Crippen molar-refractivity contribution in [3.63, 3.8) is 0 Å². The maximum Gasteiger partial charge on any atom is 0.189 e. The molecule has 0 unspecified atom stereocenters. The minimum absolute atomic E-state index is 0.0762. The summed E-state index contributed by atoms with van der Waals surface area (Å²) in [6.07, 6.45) is 3.40. The van der Waals surface area contributed by atoms with Gasteiger partial charge in [0.2, 0.25) is 0 Å². The highest BCUT2D eigenvalue weighted by atomic mass is 19.1. The van der Waals surface area contributed by atoms with Gasteiger partial charge < -0.3 is 0 Å². The fourth-order valence-corrected chi connectivity index (χ4v) is 3.01. The van der Waals surface area contributed by atoms with Crippen LogP contribution in [0.25, 0.3) is 6.08 Å². The number of carbonyl (C=O) groups excluding carboxylic acids is 1. The van der Waals surface area contributed by atoms with E-state index in [1.807, 2.05) is 25.1 Å². The minimum atomic E-state index is -0.278. The zero-order chi connectivity index (χ0) is 15.0. The summed E-state index contributed by atoms with van der Waals surface area (Å²) in [6.45, 7) is 4.06. The van der Waals surface area contributed by atoms with E-state index >= 15 is 0 Å². The molecule has 0 saturated heterocycles. The van der Waals surface area contributed by atoms with Gasteiger partial charge in [0.05, 0.1) is 0 Å². The topological polar surface area (TPSA) is 17.1 Å². The van der Waals surface area contributed by atoms with Gasteiger partial charge in [0, 0.05) is 11.1 Å². The highest BCUT2D eigenvalue weighted by molar-refractivity contribution is 6.13. The van der Waals surface area contributed by atoms with Gasteiger partial charge in [-0.1, -0.05) is 23.8 Å². The van der Waals surface area contributed by atoms with Crippen LogP contribution in [-0.2, 0) is 6.42 Å². The SMILES string of the molecule is Cc1cc(C)c2c(c1)C(=O)/C(=C/c1cccc(F)c1)CC2. The van der Waals surface area contributed by atoms with Gasteiger partial charge in [0.1, 0.15) is 5.82 Å². The Morgan fingerprint density at radius 1 is 1.10 bits per heavy atom. The number of rotatable bonds is 1. The van der Waals surface area contributed by atoms with Gasteiger partial charge >= 0.3 is 0 Å². The first-order valence-electron chi connectivity index (χ1n) is 7.15. The van der Waals surface area contributed by atoms with E-state index in [9.17, 15) is 9.18 Å².